The van der Waals surface area contributed by atoms with E-state index in [0.717, 1.165) is 29.2 Å². The van der Waals surface area contributed by atoms with Gasteiger partial charge in [-0.15, -0.1) is 5.10 Å². The molecule has 1 aliphatic rings. The number of para-hydroxylation sites is 1. The third-order valence-electron chi connectivity index (χ3n) is 5.88. The Balaban J connectivity index is 1.49. The molecule has 0 spiro atoms. The number of hydrogen-bond donors (Lipinski definition) is 0. The lowest BCUT2D eigenvalue weighted by Gasteiger charge is -2.24. The van der Waals surface area contributed by atoms with Gasteiger partial charge < -0.3 is 0 Å². The fraction of sp³-hybridized carbons (Fsp3) is 0.222. The summed E-state index contributed by atoms with van der Waals surface area (Å²) in [5.74, 6) is 0. The molecular formula is C27H27N5. The number of hydrogen-bond acceptors (Lipinski definition) is 4. The number of aromatic nitrogens is 3. The van der Waals surface area contributed by atoms with E-state index in [4.69, 9.17) is 5.10 Å². The number of hydrazone groups is 1. The van der Waals surface area contributed by atoms with Crippen molar-refractivity contribution in [3.05, 3.63) is 108 Å². The molecule has 160 valence electrons. The summed E-state index contributed by atoms with van der Waals surface area (Å²) < 4.78 is 1.93. The molecule has 2 heterocycles. The Kier molecular flexibility index (Phi) is 5.10. The van der Waals surface area contributed by atoms with Crippen molar-refractivity contribution in [2.75, 3.05) is 5.01 Å². The van der Waals surface area contributed by atoms with Crippen molar-refractivity contribution in [1.29, 1.82) is 0 Å². The molecule has 3 aromatic carbocycles. The van der Waals surface area contributed by atoms with Crippen LogP contribution >= 0.6 is 0 Å². The lowest BCUT2D eigenvalue weighted by Crippen LogP contribution is -2.19. The first kappa shape index (κ1) is 20.2. The molecule has 0 amide bonds. The summed E-state index contributed by atoms with van der Waals surface area (Å²) in [6.07, 6.45) is 2.71. The zero-order valence-corrected chi connectivity index (χ0v) is 18.7. The normalized spacial score (nSPS) is 16.3. The molecule has 1 atom stereocenters. The Bertz CT molecular complexity index is 1220. The van der Waals surface area contributed by atoms with E-state index in [1.54, 1.807) is 0 Å². The number of nitrogens with zero attached hydrogens (tertiary/aromatic N) is 5. The van der Waals surface area contributed by atoms with Gasteiger partial charge >= 0.3 is 0 Å². The van der Waals surface area contributed by atoms with Gasteiger partial charge in [0, 0.05) is 11.8 Å². The van der Waals surface area contributed by atoms with Gasteiger partial charge in [0.15, 0.2) is 0 Å². The van der Waals surface area contributed by atoms with Crippen LogP contribution in [0.3, 0.4) is 0 Å². The Morgan fingerprint density at radius 1 is 0.781 bits per heavy atom. The SMILES string of the molecule is CC(C)(C)c1cnnn1-c1ccc(C2CC(c3ccccc3)=NN2c2ccccc2)cc1. The number of benzene rings is 3. The fourth-order valence-corrected chi connectivity index (χ4v) is 4.17. The zero-order valence-electron chi connectivity index (χ0n) is 18.7. The second-order valence-corrected chi connectivity index (χ2v) is 9.19. The molecule has 0 N–H and O–H groups in total. The van der Waals surface area contributed by atoms with E-state index in [2.05, 4.69) is 109 Å². The molecule has 4 aromatic rings. The lowest BCUT2D eigenvalue weighted by molar-refractivity contribution is 0.542. The second kappa shape index (κ2) is 8.08. The molecule has 32 heavy (non-hydrogen) atoms. The molecule has 1 unspecified atom stereocenters. The summed E-state index contributed by atoms with van der Waals surface area (Å²) in [6, 6.07) is 29.6. The van der Waals surface area contributed by atoms with Crippen molar-refractivity contribution in [1.82, 2.24) is 15.0 Å². The van der Waals surface area contributed by atoms with E-state index in [1.807, 2.05) is 23.0 Å². The summed E-state index contributed by atoms with van der Waals surface area (Å²) >= 11 is 0. The van der Waals surface area contributed by atoms with Crippen LogP contribution in [-0.4, -0.2) is 20.7 Å². The fourth-order valence-electron chi connectivity index (χ4n) is 4.17. The maximum atomic E-state index is 5.03. The van der Waals surface area contributed by atoms with Gasteiger partial charge in [-0.1, -0.05) is 86.6 Å². The third kappa shape index (κ3) is 3.82. The highest BCUT2D eigenvalue weighted by atomic mass is 15.5. The molecule has 0 bridgehead atoms. The van der Waals surface area contributed by atoms with Gasteiger partial charge in [-0.3, -0.25) is 5.01 Å². The topological polar surface area (TPSA) is 46.3 Å². The number of rotatable bonds is 4. The first-order valence-corrected chi connectivity index (χ1v) is 11.0. The van der Waals surface area contributed by atoms with Gasteiger partial charge in [0.05, 0.1) is 35.0 Å². The van der Waals surface area contributed by atoms with Crippen LogP contribution in [0, 0.1) is 0 Å². The highest BCUT2D eigenvalue weighted by Gasteiger charge is 2.30. The van der Waals surface area contributed by atoms with Crippen molar-refractivity contribution in [3.8, 4) is 5.69 Å². The van der Waals surface area contributed by atoms with E-state index >= 15 is 0 Å². The van der Waals surface area contributed by atoms with Crippen LogP contribution in [0.2, 0.25) is 0 Å². The minimum atomic E-state index is -0.0316. The quantitative estimate of drug-likeness (QED) is 0.411. The van der Waals surface area contributed by atoms with Gasteiger partial charge in [0.25, 0.3) is 0 Å². The highest BCUT2D eigenvalue weighted by molar-refractivity contribution is 6.03. The molecule has 1 aromatic heterocycles. The molecule has 0 saturated heterocycles. The zero-order chi connectivity index (χ0) is 22.1. The summed E-state index contributed by atoms with van der Waals surface area (Å²) in [4.78, 5) is 0. The van der Waals surface area contributed by atoms with E-state index in [0.29, 0.717) is 0 Å². The third-order valence-corrected chi connectivity index (χ3v) is 5.88. The Labute approximate surface area is 189 Å². The minimum absolute atomic E-state index is 0.0316. The molecule has 0 aliphatic carbocycles. The standard InChI is InChI=1S/C27H27N5/c1-27(2,3)26-19-28-30-32(26)23-16-14-21(15-17-23)25-18-24(20-10-6-4-7-11-20)29-31(25)22-12-8-5-9-13-22/h4-17,19,25H,18H2,1-3H3. The van der Waals surface area contributed by atoms with Gasteiger partial charge in [0.2, 0.25) is 0 Å². The van der Waals surface area contributed by atoms with Crippen LogP contribution in [0.4, 0.5) is 5.69 Å². The van der Waals surface area contributed by atoms with Crippen molar-refractivity contribution < 1.29 is 0 Å². The van der Waals surface area contributed by atoms with Crippen molar-refractivity contribution in [2.24, 2.45) is 5.10 Å². The molecule has 5 heteroatoms. The summed E-state index contributed by atoms with van der Waals surface area (Å²) in [6.45, 7) is 6.53. The Hall–Kier alpha value is -3.73. The largest absolute Gasteiger partial charge is 0.257 e. The highest BCUT2D eigenvalue weighted by Crippen LogP contribution is 2.37. The number of anilines is 1. The maximum Gasteiger partial charge on any atom is 0.0831 e. The van der Waals surface area contributed by atoms with Gasteiger partial charge in [0.1, 0.15) is 0 Å². The Morgan fingerprint density at radius 2 is 1.44 bits per heavy atom. The smallest absolute Gasteiger partial charge is 0.0831 e. The second-order valence-electron chi connectivity index (χ2n) is 9.19. The van der Waals surface area contributed by atoms with Gasteiger partial charge in [-0.25, -0.2) is 4.68 Å². The molecular weight excluding hydrogens is 394 g/mol. The molecule has 0 fully saturated rings. The molecule has 1 aliphatic heterocycles. The summed E-state index contributed by atoms with van der Waals surface area (Å²) in [5.41, 5.74) is 6.68. The predicted molar refractivity (Wildman–Crippen MR) is 129 cm³/mol. The van der Waals surface area contributed by atoms with Crippen molar-refractivity contribution in [2.45, 2.75) is 38.6 Å². The maximum absolute atomic E-state index is 5.03. The monoisotopic (exact) mass is 421 g/mol. The van der Waals surface area contributed by atoms with Crippen LogP contribution < -0.4 is 5.01 Å². The first-order chi connectivity index (χ1) is 15.5. The average Bonchev–Trinajstić information content (AvgIpc) is 3.48. The summed E-state index contributed by atoms with van der Waals surface area (Å²) in [5, 5.41) is 15.6. The lowest BCUT2D eigenvalue weighted by atomic mass is 9.92. The van der Waals surface area contributed by atoms with Crippen LogP contribution in [0.25, 0.3) is 5.69 Å². The van der Waals surface area contributed by atoms with Crippen LogP contribution in [0.15, 0.2) is 96.2 Å². The molecule has 5 nitrogen and oxygen atoms in total. The van der Waals surface area contributed by atoms with Crippen molar-refractivity contribution >= 4 is 11.4 Å². The van der Waals surface area contributed by atoms with Gasteiger partial charge in [-0.05, 0) is 35.4 Å². The van der Waals surface area contributed by atoms with Crippen LogP contribution in [0.1, 0.15) is 50.1 Å². The van der Waals surface area contributed by atoms with E-state index in [9.17, 15) is 0 Å². The molecule has 0 saturated carbocycles. The first-order valence-electron chi connectivity index (χ1n) is 11.0. The predicted octanol–water partition coefficient (Wildman–Crippen LogP) is 5.92. The van der Waals surface area contributed by atoms with E-state index in [-0.39, 0.29) is 11.5 Å². The van der Waals surface area contributed by atoms with Gasteiger partial charge in [-0.2, -0.15) is 5.10 Å². The summed E-state index contributed by atoms with van der Waals surface area (Å²) in [7, 11) is 0. The van der Waals surface area contributed by atoms with E-state index in [1.165, 1.54) is 11.1 Å². The Morgan fingerprint density at radius 3 is 2.09 bits per heavy atom. The average molecular weight is 422 g/mol. The molecule has 5 rings (SSSR count). The van der Waals surface area contributed by atoms with Crippen LogP contribution in [-0.2, 0) is 5.41 Å². The van der Waals surface area contributed by atoms with Crippen molar-refractivity contribution in [3.63, 3.8) is 0 Å². The molecule has 0 radical (unpaired) electrons. The minimum Gasteiger partial charge on any atom is -0.257 e. The van der Waals surface area contributed by atoms with Crippen LogP contribution in [0.5, 0.6) is 0 Å². The van der Waals surface area contributed by atoms with E-state index < -0.39 is 0 Å².